The highest BCUT2D eigenvalue weighted by Crippen LogP contribution is 2.41. The number of rotatable bonds is 2. The Hall–Kier alpha value is -1.55. The van der Waals surface area contributed by atoms with Crippen LogP contribution < -0.4 is 4.74 Å². The second-order valence-corrected chi connectivity index (χ2v) is 5.43. The molecule has 0 radical (unpaired) electrons. The minimum atomic E-state index is 0.268. The molecule has 2 aromatic rings. The molecule has 0 fully saturated rings. The third kappa shape index (κ3) is 1.97. The van der Waals surface area contributed by atoms with Crippen LogP contribution in [0.5, 0.6) is 10.8 Å². The molecule has 0 amide bonds. The van der Waals surface area contributed by atoms with Gasteiger partial charge in [-0.1, -0.05) is 17.4 Å². The van der Waals surface area contributed by atoms with Crippen molar-refractivity contribution >= 4 is 11.3 Å². The van der Waals surface area contributed by atoms with Gasteiger partial charge in [-0.2, -0.15) is 0 Å². The Balaban J connectivity index is 2.74. The van der Waals surface area contributed by atoms with Gasteiger partial charge in [-0.15, -0.1) is 0 Å². The first-order valence-corrected chi connectivity index (χ1v) is 6.59. The Morgan fingerprint density at radius 1 is 1.17 bits per heavy atom. The lowest BCUT2D eigenvalue weighted by Gasteiger charge is -2.14. The van der Waals surface area contributed by atoms with Crippen molar-refractivity contribution in [2.75, 3.05) is 7.11 Å². The standard InChI is InChI=1S/C14H17NO2S/c1-7-6-8(2)11(12(17-5)9(7)3)13-15-10(4)14(16)18-13/h6,16H,1-5H3. The zero-order valence-electron chi connectivity index (χ0n) is 11.3. The van der Waals surface area contributed by atoms with E-state index in [-0.39, 0.29) is 5.06 Å². The first kappa shape index (κ1) is 12.9. The molecule has 18 heavy (non-hydrogen) atoms. The number of hydrogen-bond acceptors (Lipinski definition) is 4. The molecule has 4 heteroatoms. The number of nitrogens with zero attached hydrogens (tertiary/aromatic N) is 1. The molecule has 1 aromatic carbocycles. The van der Waals surface area contributed by atoms with Crippen LogP contribution in [0.25, 0.3) is 10.6 Å². The Morgan fingerprint density at radius 2 is 1.83 bits per heavy atom. The molecule has 0 aliphatic rings. The van der Waals surface area contributed by atoms with E-state index in [2.05, 4.69) is 18.0 Å². The first-order valence-electron chi connectivity index (χ1n) is 5.77. The normalized spacial score (nSPS) is 10.7. The number of thiazole rings is 1. The number of benzene rings is 1. The number of methoxy groups -OCH3 is 1. The number of aryl methyl sites for hydroxylation is 3. The molecule has 1 N–H and O–H groups in total. The van der Waals surface area contributed by atoms with Crippen molar-refractivity contribution < 1.29 is 9.84 Å². The molecule has 0 saturated carbocycles. The van der Waals surface area contributed by atoms with E-state index >= 15 is 0 Å². The van der Waals surface area contributed by atoms with Gasteiger partial charge in [0.1, 0.15) is 10.8 Å². The highest BCUT2D eigenvalue weighted by atomic mass is 32.1. The second kappa shape index (κ2) is 4.61. The SMILES string of the molecule is COc1c(C)c(C)cc(C)c1-c1nc(C)c(O)s1. The number of ether oxygens (including phenoxy) is 1. The van der Waals surface area contributed by atoms with E-state index in [9.17, 15) is 5.11 Å². The molecule has 1 heterocycles. The van der Waals surface area contributed by atoms with Crippen molar-refractivity contribution in [2.45, 2.75) is 27.7 Å². The smallest absolute Gasteiger partial charge is 0.195 e. The summed E-state index contributed by atoms with van der Waals surface area (Å²) in [5.74, 6) is 0.848. The average Bonchev–Trinajstić information content (AvgIpc) is 2.63. The average molecular weight is 263 g/mol. The Bertz CT molecular complexity index is 583. The largest absolute Gasteiger partial charge is 0.498 e. The van der Waals surface area contributed by atoms with Crippen LogP contribution in [0.15, 0.2) is 6.07 Å². The minimum absolute atomic E-state index is 0.268. The summed E-state index contributed by atoms with van der Waals surface area (Å²) in [7, 11) is 1.67. The van der Waals surface area contributed by atoms with E-state index < -0.39 is 0 Å². The van der Waals surface area contributed by atoms with Crippen LogP contribution in [0.3, 0.4) is 0 Å². The van der Waals surface area contributed by atoms with Crippen LogP contribution in [-0.4, -0.2) is 17.2 Å². The summed E-state index contributed by atoms with van der Waals surface area (Å²) in [6, 6.07) is 2.13. The summed E-state index contributed by atoms with van der Waals surface area (Å²) in [5.41, 5.74) is 5.07. The lowest BCUT2D eigenvalue weighted by atomic mass is 9.99. The zero-order chi connectivity index (χ0) is 13.4. The van der Waals surface area contributed by atoms with Crippen molar-refractivity contribution in [1.82, 2.24) is 4.98 Å². The van der Waals surface area contributed by atoms with Gasteiger partial charge in [0.25, 0.3) is 0 Å². The number of hydrogen-bond donors (Lipinski definition) is 1. The third-order valence-electron chi connectivity index (χ3n) is 3.18. The fourth-order valence-corrected chi connectivity index (χ4v) is 2.98. The molecule has 0 aliphatic heterocycles. The molecule has 0 unspecified atom stereocenters. The molecule has 0 saturated heterocycles. The van der Waals surface area contributed by atoms with Gasteiger partial charge < -0.3 is 9.84 Å². The van der Waals surface area contributed by atoms with Crippen LogP contribution >= 0.6 is 11.3 Å². The van der Waals surface area contributed by atoms with Gasteiger partial charge in [0.2, 0.25) is 0 Å². The van der Waals surface area contributed by atoms with E-state index in [1.807, 2.05) is 13.8 Å². The van der Waals surface area contributed by atoms with E-state index in [1.54, 1.807) is 14.0 Å². The molecule has 0 atom stereocenters. The van der Waals surface area contributed by atoms with Crippen LogP contribution in [-0.2, 0) is 0 Å². The molecular weight excluding hydrogens is 246 g/mol. The molecule has 2 rings (SSSR count). The van der Waals surface area contributed by atoms with Crippen molar-refractivity contribution in [3.8, 4) is 21.4 Å². The van der Waals surface area contributed by atoms with Crippen molar-refractivity contribution in [3.05, 3.63) is 28.5 Å². The van der Waals surface area contributed by atoms with Crippen LogP contribution in [0.1, 0.15) is 22.4 Å². The maximum atomic E-state index is 9.69. The summed E-state index contributed by atoms with van der Waals surface area (Å²) in [5, 5.41) is 10.8. The Morgan fingerprint density at radius 3 is 2.33 bits per heavy atom. The fourth-order valence-electron chi connectivity index (χ4n) is 2.07. The highest BCUT2D eigenvalue weighted by Gasteiger charge is 2.18. The first-order chi connectivity index (χ1) is 8.45. The van der Waals surface area contributed by atoms with Gasteiger partial charge in [-0.05, 0) is 44.4 Å². The third-order valence-corrected chi connectivity index (χ3v) is 4.15. The maximum Gasteiger partial charge on any atom is 0.195 e. The van der Waals surface area contributed by atoms with Gasteiger partial charge in [0.15, 0.2) is 5.06 Å². The van der Waals surface area contributed by atoms with E-state index in [4.69, 9.17) is 4.74 Å². The summed E-state index contributed by atoms with van der Waals surface area (Å²) in [4.78, 5) is 4.41. The lowest BCUT2D eigenvalue weighted by molar-refractivity contribution is 0.412. The summed E-state index contributed by atoms with van der Waals surface area (Å²) >= 11 is 1.29. The lowest BCUT2D eigenvalue weighted by Crippen LogP contribution is -1.96. The van der Waals surface area contributed by atoms with Crippen molar-refractivity contribution in [1.29, 1.82) is 0 Å². The number of aromatic hydroxyl groups is 1. The summed E-state index contributed by atoms with van der Waals surface area (Å²) in [6.45, 7) is 7.95. The fraction of sp³-hybridized carbons (Fsp3) is 0.357. The Kier molecular flexibility index (Phi) is 3.30. The van der Waals surface area contributed by atoms with Gasteiger partial charge in [-0.25, -0.2) is 4.98 Å². The van der Waals surface area contributed by atoms with Gasteiger partial charge in [0, 0.05) is 0 Å². The zero-order valence-corrected chi connectivity index (χ0v) is 12.1. The van der Waals surface area contributed by atoms with Crippen molar-refractivity contribution in [2.24, 2.45) is 0 Å². The van der Waals surface area contributed by atoms with E-state index in [1.165, 1.54) is 16.9 Å². The van der Waals surface area contributed by atoms with Crippen molar-refractivity contribution in [3.63, 3.8) is 0 Å². The minimum Gasteiger partial charge on any atom is -0.498 e. The molecular formula is C14H17NO2S. The highest BCUT2D eigenvalue weighted by molar-refractivity contribution is 7.16. The predicted octanol–water partition coefficient (Wildman–Crippen LogP) is 3.76. The maximum absolute atomic E-state index is 9.69. The monoisotopic (exact) mass is 263 g/mol. The number of aromatic nitrogens is 1. The molecule has 0 bridgehead atoms. The quantitative estimate of drug-likeness (QED) is 0.897. The summed E-state index contributed by atoms with van der Waals surface area (Å²) in [6.07, 6.45) is 0. The van der Waals surface area contributed by atoms with E-state index in [0.717, 1.165) is 27.4 Å². The molecule has 0 spiro atoms. The molecule has 3 nitrogen and oxygen atoms in total. The van der Waals surface area contributed by atoms with Gasteiger partial charge in [-0.3, -0.25) is 0 Å². The van der Waals surface area contributed by atoms with Crippen LogP contribution in [0.2, 0.25) is 0 Å². The van der Waals surface area contributed by atoms with Gasteiger partial charge >= 0.3 is 0 Å². The van der Waals surface area contributed by atoms with Crippen LogP contribution in [0, 0.1) is 27.7 Å². The van der Waals surface area contributed by atoms with Gasteiger partial charge in [0.05, 0.1) is 18.4 Å². The second-order valence-electron chi connectivity index (χ2n) is 4.45. The summed E-state index contributed by atoms with van der Waals surface area (Å²) < 4.78 is 5.53. The molecule has 0 aliphatic carbocycles. The molecule has 1 aromatic heterocycles. The van der Waals surface area contributed by atoms with Crippen LogP contribution in [0.4, 0.5) is 0 Å². The Labute approximate surface area is 111 Å². The topological polar surface area (TPSA) is 42.4 Å². The molecule has 96 valence electrons. The predicted molar refractivity (Wildman–Crippen MR) is 74.7 cm³/mol. The van der Waals surface area contributed by atoms with E-state index in [0.29, 0.717) is 5.69 Å².